The first-order chi connectivity index (χ1) is 30.2. The van der Waals surface area contributed by atoms with E-state index in [2.05, 4.69) is 240 Å². The van der Waals surface area contributed by atoms with Crippen LogP contribution in [0.25, 0.3) is 91.8 Å². The van der Waals surface area contributed by atoms with E-state index in [9.17, 15) is 0 Å². The summed E-state index contributed by atoms with van der Waals surface area (Å²) in [6.07, 6.45) is 0. The Morgan fingerprint density at radius 1 is 0.328 bits per heavy atom. The van der Waals surface area contributed by atoms with E-state index in [1.165, 1.54) is 86.1 Å². The molecule has 12 rings (SSSR count). The fraction of sp³-hybridized carbons (Fsp3) is 0. The van der Waals surface area contributed by atoms with Crippen molar-refractivity contribution in [2.75, 3.05) is 4.90 Å². The van der Waals surface area contributed by atoms with Gasteiger partial charge in [0.1, 0.15) is 0 Å². The monoisotopic (exact) mass is 794 g/mol. The molecule has 3 heteroatoms. The molecule has 0 atom stereocenters. The molecule has 61 heavy (non-hydrogen) atoms. The zero-order valence-electron chi connectivity index (χ0n) is 33.2. The van der Waals surface area contributed by atoms with Crippen molar-refractivity contribution in [3.05, 3.63) is 231 Å². The lowest BCUT2D eigenvalue weighted by Gasteiger charge is -2.27. The minimum absolute atomic E-state index is 1.10. The number of fused-ring (bicyclic) bond motifs is 8. The van der Waals surface area contributed by atoms with Gasteiger partial charge in [0, 0.05) is 59.1 Å². The molecule has 0 bridgehead atoms. The van der Waals surface area contributed by atoms with Gasteiger partial charge >= 0.3 is 0 Å². The lowest BCUT2D eigenvalue weighted by molar-refractivity contribution is 1.19. The number of thiophene rings is 1. The Hall–Kier alpha value is -7.72. The van der Waals surface area contributed by atoms with Crippen molar-refractivity contribution in [3.8, 4) is 39.1 Å². The molecule has 2 nitrogen and oxygen atoms in total. The molecule has 0 saturated heterocycles. The SMILES string of the molecule is c1ccc(-c2ccc(N(c3ccc(-c4ccc5c6ccc7ccccc7c6n(-c6ccccc6)c5c4)cc3)c3ccc4c(c3)sc3ccccc34)cc2-c2ccccc2)cc1. The van der Waals surface area contributed by atoms with Crippen molar-refractivity contribution in [3.63, 3.8) is 0 Å². The second-order valence-electron chi connectivity index (χ2n) is 15.7. The molecule has 0 spiro atoms. The first-order valence-electron chi connectivity index (χ1n) is 20.8. The molecular formula is C58H38N2S. The van der Waals surface area contributed by atoms with Gasteiger partial charge in [0.25, 0.3) is 0 Å². The van der Waals surface area contributed by atoms with Gasteiger partial charge in [-0.25, -0.2) is 0 Å². The number of rotatable bonds is 7. The van der Waals surface area contributed by atoms with Gasteiger partial charge < -0.3 is 9.47 Å². The number of anilines is 3. The summed E-state index contributed by atoms with van der Waals surface area (Å²) in [6, 6.07) is 84.2. The van der Waals surface area contributed by atoms with Gasteiger partial charge in [0.15, 0.2) is 0 Å². The maximum atomic E-state index is 2.44. The molecule has 0 fully saturated rings. The molecule has 0 radical (unpaired) electrons. The maximum Gasteiger partial charge on any atom is 0.0619 e. The normalized spacial score (nSPS) is 11.6. The summed E-state index contributed by atoms with van der Waals surface area (Å²) >= 11 is 1.86. The third kappa shape index (κ3) is 6.01. The van der Waals surface area contributed by atoms with Crippen LogP contribution >= 0.6 is 11.3 Å². The van der Waals surface area contributed by atoms with Crippen molar-refractivity contribution in [1.29, 1.82) is 0 Å². The zero-order valence-corrected chi connectivity index (χ0v) is 34.1. The number of aromatic nitrogens is 1. The average molecular weight is 795 g/mol. The van der Waals surface area contributed by atoms with Gasteiger partial charge in [-0.15, -0.1) is 11.3 Å². The smallest absolute Gasteiger partial charge is 0.0619 e. The van der Waals surface area contributed by atoms with Gasteiger partial charge in [-0.3, -0.25) is 0 Å². The van der Waals surface area contributed by atoms with E-state index in [-0.39, 0.29) is 0 Å². The van der Waals surface area contributed by atoms with E-state index < -0.39 is 0 Å². The van der Waals surface area contributed by atoms with Crippen LogP contribution in [0.15, 0.2) is 231 Å². The molecule has 0 N–H and O–H groups in total. The standard InChI is InChI=1S/C58H38N2S/c1-4-14-40(15-5-1)48-34-30-46(37-54(48)41-16-6-2-7-17-41)59(47-31-35-52-51-22-12-13-23-56(51)61-57(52)38-47)45-28-24-39(25-29-45)43-27-32-50-53-33-26-42-18-10-11-21-49(42)58(53)60(55(50)36-43)44-19-8-3-9-20-44/h1-38H. The molecule has 286 valence electrons. The van der Waals surface area contributed by atoms with Crippen molar-refractivity contribution >= 4 is 81.1 Å². The molecule has 10 aromatic carbocycles. The quantitative estimate of drug-likeness (QED) is 0.156. The van der Waals surface area contributed by atoms with Crippen LogP contribution in [-0.2, 0) is 0 Å². The van der Waals surface area contributed by atoms with Gasteiger partial charge in [0.05, 0.1) is 11.0 Å². The van der Waals surface area contributed by atoms with Gasteiger partial charge in [-0.2, -0.15) is 0 Å². The molecular weight excluding hydrogens is 757 g/mol. The largest absolute Gasteiger partial charge is 0.310 e. The van der Waals surface area contributed by atoms with Gasteiger partial charge in [-0.1, -0.05) is 170 Å². The molecule has 0 aliphatic carbocycles. The Kier molecular flexibility index (Phi) is 8.39. The summed E-state index contributed by atoms with van der Waals surface area (Å²) in [4.78, 5) is 2.41. The summed E-state index contributed by atoms with van der Waals surface area (Å²) in [5.74, 6) is 0. The Morgan fingerprint density at radius 2 is 0.902 bits per heavy atom. The lowest BCUT2D eigenvalue weighted by Crippen LogP contribution is -2.10. The average Bonchev–Trinajstić information content (AvgIpc) is 3.88. The Labute approximate surface area is 358 Å². The van der Waals surface area contributed by atoms with E-state index in [1.807, 2.05) is 11.3 Å². The van der Waals surface area contributed by atoms with E-state index in [0.717, 1.165) is 22.7 Å². The summed E-state index contributed by atoms with van der Waals surface area (Å²) in [6.45, 7) is 0. The number of benzene rings is 10. The van der Waals surface area contributed by atoms with E-state index >= 15 is 0 Å². The zero-order chi connectivity index (χ0) is 40.3. The summed E-state index contributed by atoms with van der Waals surface area (Å²) in [7, 11) is 0. The second-order valence-corrected chi connectivity index (χ2v) is 16.8. The Bertz CT molecular complexity index is 3570. The van der Waals surface area contributed by atoms with Crippen LogP contribution in [0.3, 0.4) is 0 Å². The van der Waals surface area contributed by atoms with Crippen LogP contribution in [0.5, 0.6) is 0 Å². The molecule has 2 aromatic heterocycles. The molecule has 2 heterocycles. The van der Waals surface area contributed by atoms with Crippen molar-refractivity contribution < 1.29 is 0 Å². The lowest BCUT2D eigenvalue weighted by atomic mass is 9.93. The molecule has 0 amide bonds. The highest BCUT2D eigenvalue weighted by atomic mass is 32.1. The highest BCUT2D eigenvalue weighted by molar-refractivity contribution is 7.25. The molecule has 12 aromatic rings. The molecule has 0 aliphatic heterocycles. The molecule has 0 aliphatic rings. The van der Waals surface area contributed by atoms with Crippen molar-refractivity contribution in [1.82, 2.24) is 4.57 Å². The van der Waals surface area contributed by atoms with Crippen molar-refractivity contribution in [2.24, 2.45) is 0 Å². The Balaban J connectivity index is 1.02. The topological polar surface area (TPSA) is 8.17 Å². The summed E-state index contributed by atoms with van der Waals surface area (Å²) in [5.41, 5.74) is 14.1. The first kappa shape index (κ1) is 35.2. The fourth-order valence-electron chi connectivity index (χ4n) is 9.30. The first-order valence-corrected chi connectivity index (χ1v) is 21.6. The van der Waals surface area contributed by atoms with E-state index in [0.29, 0.717) is 0 Å². The van der Waals surface area contributed by atoms with Gasteiger partial charge in [-0.05, 0) is 99.4 Å². The fourth-order valence-corrected chi connectivity index (χ4v) is 10.4. The highest BCUT2D eigenvalue weighted by Crippen LogP contribution is 2.44. The number of para-hydroxylation sites is 1. The molecule has 0 saturated carbocycles. The van der Waals surface area contributed by atoms with Crippen LogP contribution in [0, 0.1) is 0 Å². The van der Waals surface area contributed by atoms with E-state index in [1.54, 1.807) is 0 Å². The molecule has 0 unspecified atom stereocenters. The van der Waals surface area contributed by atoms with Crippen LogP contribution in [0.4, 0.5) is 17.1 Å². The van der Waals surface area contributed by atoms with Crippen LogP contribution in [0.2, 0.25) is 0 Å². The van der Waals surface area contributed by atoms with Crippen LogP contribution in [0.1, 0.15) is 0 Å². The number of hydrogen-bond donors (Lipinski definition) is 0. The van der Waals surface area contributed by atoms with Gasteiger partial charge in [0.2, 0.25) is 0 Å². The minimum Gasteiger partial charge on any atom is -0.310 e. The number of hydrogen-bond acceptors (Lipinski definition) is 2. The summed E-state index contributed by atoms with van der Waals surface area (Å²) < 4.78 is 5.03. The Morgan fingerprint density at radius 3 is 1.69 bits per heavy atom. The third-order valence-corrected chi connectivity index (χ3v) is 13.3. The third-order valence-electron chi connectivity index (χ3n) is 12.2. The number of nitrogens with zero attached hydrogens (tertiary/aromatic N) is 2. The van der Waals surface area contributed by atoms with Crippen LogP contribution in [-0.4, -0.2) is 4.57 Å². The highest BCUT2D eigenvalue weighted by Gasteiger charge is 2.20. The van der Waals surface area contributed by atoms with E-state index in [4.69, 9.17) is 0 Å². The van der Waals surface area contributed by atoms with Crippen LogP contribution < -0.4 is 4.90 Å². The summed E-state index contributed by atoms with van der Waals surface area (Å²) in [5, 5.41) is 7.61. The van der Waals surface area contributed by atoms with Crippen molar-refractivity contribution in [2.45, 2.75) is 0 Å². The minimum atomic E-state index is 1.10. The predicted molar refractivity (Wildman–Crippen MR) is 262 cm³/mol. The maximum absolute atomic E-state index is 2.44. The predicted octanol–water partition coefficient (Wildman–Crippen LogP) is 16.8. The second kappa shape index (κ2) is 14.5.